The molecule has 2 rings (SSSR count). The first-order chi connectivity index (χ1) is 12.4. The molecule has 0 aromatic heterocycles. The molecular weight excluding hydrogens is 347 g/mol. The van der Waals surface area contributed by atoms with E-state index in [1.807, 2.05) is 24.3 Å². The van der Waals surface area contributed by atoms with Gasteiger partial charge in [0.15, 0.2) is 0 Å². The Labute approximate surface area is 158 Å². The Kier molecular flexibility index (Phi) is 7.72. The highest BCUT2D eigenvalue weighted by molar-refractivity contribution is 7.17. The van der Waals surface area contributed by atoms with Crippen molar-refractivity contribution in [1.82, 2.24) is 0 Å². The van der Waals surface area contributed by atoms with Crippen molar-refractivity contribution in [2.45, 2.75) is 52.7 Å². The molecule has 1 aliphatic carbocycles. The standard InChI is InChI=1S/C21H29O4P/c1-17-9-8-14-20(2,3)19(17)12-15-21(4,24-25-26-22)23-16-13-18-10-6-5-7-11-18/h5-7,9-12,15,19H,8,13-14,16H2,1-4H3. The van der Waals surface area contributed by atoms with Gasteiger partial charge in [-0.1, -0.05) is 61.9 Å². The molecule has 4 nitrogen and oxygen atoms in total. The number of allylic oxidation sites excluding steroid dienone is 3. The number of ether oxygens (including phenoxy) is 1. The van der Waals surface area contributed by atoms with Gasteiger partial charge in [0.2, 0.25) is 5.79 Å². The first-order valence-electron chi connectivity index (χ1n) is 9.08. The third kappa shape index (κ3) is 6.14. The Morgan fingerprint density at radius 1 is 1.31 bits per heavy atom. The van der Waals surface area contributed by atoms with E-state index in [4.69, 9.17) is 9.62 Å². The van der Waals surface area contributed by atoms with E-state index in [-0.39, 0.29) is 5.41 Å². The van der Waals surface area contributed by atoms with Crippen molar-refractivity contribution in [2.24, 2.45) is 11.3 Å². The minimum absolute atomic E-state index is 0.178. The van der Waals surface area contributed by atoms with Gasteiger partial charge in [-0.15, -0.1) is 4.67 Å². The predicted molar refractivity (Wildman–Crippen MR) is 104 cm³/mol. The van der Waals surface area contributed by atoms with Gasteiger partial charge in [0.1, 0.15) is 0 Å². The van der Waals surface area contributed by atoms with Crippen LogP contribution in [0.1, 0.15) is 46.1 Å². The lowest BCUT2D eigenvalue weighted by Crippen LogP contribution is -2.32. The van der Waals surface area contributed by atoms with Gasteiger partial charge in [-0.3, -0.25) is 0 Å². The van der Waals surface area contributed by atoms with Crippen molar-refractivity contribution in [1.29, 1.82) is 0 Å². The summed E-state index contributed by atoms with van der Waals surface area (Å²) >= 11 is 0. The van der Waals surface area contributed by atoms with Crippen molar-refractivity contribution in [3.8, 4) is 0 Å². The Bertz CT molecular complexity index is 639. The zero-order chi connectivity index (χ0) is 19.0. The molecule has 0 fully saturated rings. The fraction of sp³-hybridized carbons (Fsp3) is 0.524. The van der Waals surface area contributed by atoms with E-state index in [0.717, 1.165) is 19.3 Å². The van der Waals surface area contributed by atoms with Gasteiger partial charge in [0, 0.05) is 5.92 Å². The highest BCUT2D eigenvalue weighted by Crippen LogP contribution is 2.42. The maximum Gasteiger partial charge on any atom is 0.358 e. The van der Waals surface area contributed by atoms with Crippen LogP contribution < -0.4 is 0 Å². The van der Waals surface area contributed by atoms with Gasteiger partial charge < -0.3 is 4.74 Å². The van der Waals surface area contributed by atoms with Crippen LogP contribution in [0.25, 0.3) is 0 Å². The summed E-state index contributed by atoms with van der Waals surface area (Å²) in [7, 11) is -0.535. The number of benzene rings is 1. The van der Waals surface area contributed by atoms with Gasteiger partial charge in [0.05, 0.1) is 6.61 Å². The van der Waals surface area contributed by atoms with Gasteiger partial charge in [-0.2, -0.15) is 4.89 Å². The molecule has 0 saturated heterocycles. The van der Waals surface area contributed by atoms with E-state index < -0.39 is 14.5 Å². The Morgan fingerprint density at radius 3 is 2.69 bits per heavy atom. The molecule has 0 bridgehead atoms. The summed E-state index contributed by atoms with van der Waals surface area (Å²) < 4.78 is 21.2. The Morgan fingerprint density at radius 2 is 2.04 bits per heavy atom. The van der Waals surface area contributed by atoms with Crippen LogP contribution >= 0.6 is 8.69 Å². The summed E-state index contributed by atoms with van der Waals surface area (Å²) in [5.41, 5.74) is 2.72. The normalized spacial score (nSPS) is 22.3. The maximum absolute atomic E-state index is 10.7. The molecule has 0 amide bonds. The summed E-state index contributed by atoms with van der Waals surface area (Å²) in [6.45, 7) is 8.96. The van der Waals surface area contributed by atoms with Crippen LogP contribution in [0.4, 0.5) is 0 Å². The highest BCUT2D eigenvalue weighted by atomic mass is 31.1. The second-order valence-electron chi connectivity index (χ2n) is 7.64. The van der Waals surface area contributed by atoms with Gasteiger partial charge in [-0.05, 0) is 50.2 Å². The number of rotatable bonds is 9. The van der Waals surface area contributed by atoms with Crippen molar-refractivity contribution < 1.29 is 18.9 Å². The first kappa shape index (κ1) is 21.0. The average Bonchev–Trinajstić information content (AvgIpc) is 2.60. The summed E-state index contributed by atoms with van der Waals surface area (Å²) in [6, 6.07) is 10.1. The van der Waals surface area contributed by atoms with Crippen LogP contribution in [-0.4, -0.2) is 12.4 Å². The van der Waals surface area contributed by atoms with Crippen LogP contribution in [-0.2, 0) is 25.3 Å². The predicted octanol–water partition coefficient (Wildman–Crippen LogP) is 6.06. The quantitative estimate of drug-likeness (QED) is 0.173. The zero-order valence-electron chi connectivity index (χ0n) is 16.1. The van der Waals surface area contributed by atoms with E-state index in [1.165, 1.54) is 11.1 Å². The average molecular weight is 376 g/mol. The summed E-state index contributed by atoms with van der Waals surface area (Å²) in [4.78, 5) is 5.26. The molecule has 1 aromatic carbocycles. The van der Waals surface area contributed by atoms with Gasteiger partial charge >= 0.3 is 8.69 Å². The Hall–Kier alpha value is -1.32. The first-order valence-corrected chi connectivity index (χ1v) is 9.81. The number of hydrogen-bond donors (Lipinski definition) is 0. The molecule has 2 atom stereocenters. The van der Waals surface area contributed by atoms with Crippen LogP contribution in [0, 0.1) is 11.3 Å². The van der Waals surface area contributed by atoms with Crippen molar-refractivity contribution in [3.05, 3.63) is 59.7 Å². The zero-order valence-corrected chi connectivity index (χ0v) is 17.0. The molecule has 5 heteroatoms. The van der Waals surface area contributed by atoms with Crippen LogP contribution in [0.5, 0.6) is 0 Å². The van der Waals surface area contributed by atoms with E-state index in [2.05, 4.69) is 49.7 Å². The summed E-state index contributed by atoms with van der Waals surface area (Å²) in [5, 5.41) is 0. The molecule has 0 spiro atoms. The molecule has 0 N–H and O–H groups in total. The number of hydrogen-bond acceptors (Lipinski definition) is 4. The molecule has 0 saturated carbocycles. The summed E-state index contributed by atoms with van der Waals surface area (Å²) in [5.74, 6) is -0.790. The molecule has 2 unspecified atom stereocenters. The fourth-order valence-electron chi connectivity index (χ4n) is 3.46. The second-order valence-corrected chi connectivity index (χ2v) is 7.94. The highest BCUT2D eigenvalue weighted by Gasteiger charge is 2.32. The minimum Gasteiger partial charge on any atom is -0.344 e. The third-order valence-electron chi connectivity index (χ3n) is 5.03. The Balaban J connectivity index is 2.05. The lowest BCUT2D eigenvalue weighted by molar-refractivity contribution is -0.348. The minimum atomic E-state index is -1.10. The lowest BCUT2D eigenvalue weighted by atomic mass is 9.68. The van der Waals surface area contributed by atoms with E-state index in [9.17, 15) is 4.57 Å². The van der Waals surface area contributed by atoms with E-state index in [0.29, 0.717) is 12.5 Å². The van der Waals surface area contributed by atoms with Crippen molar-refractivity contribution >= 4 is 8.69 Å². The lowest BCUT2D eigenvalue weighted by Gasteiger charge is -2.37. The van der Waals surface area contributed by atoms with Crippen LogP contribution in [0.15, 0.2) is 54.1 Å². The fourth-order valence-corrected chi connectivity index (χ4v) is 3.64. The largest absolute Gasteiger partial charge is 0.358 e. The smallest absolute Gasteiger partial charge is 0.344 e. The SMILES string of the molecule is CC1=CCCC(C)(C)C1C=CC(C)(OCCc1ccccc1)OOP=O. The van der Waals surface area contributed by atoms with Crippen molar-refractivity contribution in [2.75, 3.05) is 6.61 Å². The summed E-state index contributed by atoms with van der Waals surface area (Å²) in [6.07, 6.45) is 9.30. The van der Waals surface area contributed by atoms with Crippen LogP contribution in [0.2, 0.25) is 0 Å². The van der Waals surface area contributed by atoms with Crippen LogP contribution in [0.3, 0.4) is 0 Å². The molecule has 0 radical (unpaired) electrons. The maximum atomic E-state index is 10.7. The third-order valence-corrected chi connectivity index (χ3v) is 5.17. The van der Waals surface area contributed by atoms with E-state index in [1.54, 1.807) is 6.92 Å². The molecule has 26 heavy (non-hydrogen) atoms. The molecular formula is C21H29O4P. The second kappa shape index (κ2) is 9.57. The van der Waals surface area contributed by atoms with E-state index >= 15 is 0 Å². The molecule has 0 aliphatic heterocycles. The molecule has 1 aromatic rings. The molecule has 142 valence electrons. The molecule has 0 heterocycles. The molecule has 1 aliphatic rings. The topological polar surface area (TPSA) is 44.8 Å². The van der Waals surface area contributed by atoms with Gasteiger partial charge in [0.25, 0.3) is 0 Å². The monoisotopic (exact) mass is 376 g/mol. The van der Waals surface area contributed by atoms with Gasteiger partial charge in [-0.25, -0.2) is 4.57 Å². The van der Waals surface area contributed by atoms with Crippen molar-refractivity contribution in [3.63, 3.8) is 0 Å².